The minimum Gasteiger partial charge on any atom is -0.481 e. The Morgan fingerprint density at radius 2 is 1.81 bits per heavy atom. The number of rotatable bonds is 5. The number of methoxy groups -OCH3 is 1. The van der Waals surface area contributed by atoms with E-state index in [1.54, 1.807) is 20.4 Å². The maximum absolute atomic E-state index is 12.9. The number of aryl methyl sites for hydroxylation is 3. The van der Waals surface area contributed by atoms with Crippen molar-refractivity contribution >= 4 is 45.5 Å². The highest BCUT2D eigenvalue weighted by Gasteiger charge is 2.22. The van der Waals surface area contributed by atoms with Crippen molar-refractivity contribution in [3.63, 3.8) is 0 Å². The Bertz CT molecular complexity index is 2010. The third kappa shape index (κ3) is 6.70. The number of halogens is 2. The largest absolute Gasteiger partial charge is 0.481 e. The molecule has 2 aromatic carbocycles. The number of anilines is 2. The van der Waals surface area contributed by atoms with Crippen LogP contribution in [0.2, 0.25) is 10.0 Å². The van der Waals surface area contributed by atoms with Crippen LogP contribution in [0, 0.1) is 6.92 Å². The number of ether oxygens (including phenoxy) is 2. The molecule has 2 aliphatic rings. The van der Waals surface area contributed by atoms with Crippen LogP contribution in [0.3, 0.4) is 0 Å². The fraction of sp³-hybridized carbons (Fsp3) is 0.314. The van der Waals surface area contributed by atoms with Crippen LogP contribution in [0.4, 0.5) is 11.5 Å². The van der Waals surface area contributed by atoms with E-state index in [-0.39, 0.29) is 11.6 Å². The molecule has 1 aliphatic heterocycles. The predicted molar refractivity (Wildman–Crippen MR) is 186 cm³/mol. The number of nitrogens with zero attached hydrogens (tertiary/aromatic N) is 4. The first-order valence-electron chi connectivity index (χ1n) is 15.4. The molecule has 244 valence electrons. The van der Waals surface area contributed by atoms with Crippen LogP contribution < -0.4 is 21.3 Å². The first kappa shape index (κ1) is 32.9. The summed E-state index contributed by atoms with van der Waals surface area (Å²) in [5.74, 6) is 1.08. The van der Waals surface area contributed by atoms with Crippen molar-refractivity contribution < 1.29 is 14.6 Å². The number of nitrogens with one attached hydrogen (secondary N) is 1. The van der Waals surface area contributed by atoms with Crippen molar-refractivity contribution in [2.45, 2.75) is 44.8 Å². The number of hydrogen-bond acceptors (Lipinski definition) is 9. The molecular weight excluding hydrogens is 639 g/mol. The van der Waals surface area contributed by atoms with Gasteiger partial charge in [0.1, 0.15) is 5.82 Å². The number of hydrogen-bond donors (Lipinski definition) is 3. The summed E-state index contributed by atoms with van der Waals surface area (Å²) in [6.45, 7) is 2.97. The highest BCUT2D eigenvalue weighted by atomic mass is 35.5. The zero-order valence-corrected chi connectivity index (χ0v) is 27.9. The van der Waals surface area contributed by atoms with Gasteiger partial charge in [-0.05, 0) is 56.4 Å². The molecule has 7 rings (SSSR count). The van der Waals surface area contributed by atoms with Gasteiger partial charge < -0.3 is 25.6 Å². The first-order valence-corrected chi connectivity index (χ1v) is 16.2. The van der Waals surface area contributed by atoms with Crippen LogP contribution in [-0.2, 0) is 24.6 Å². The highest BCUT2D eigenvalue weighted by Crippen LogP contribution is 2.43. The number of aliphatic hydroxyl groups is 1. The third-order valence-corrected chi connectivity index (χ3v) is 9.31. The van der Waals surface area contributed by atoms with Crippen LogP contribution >= 0.6 is 23.2 Å². The Kier molecular flexibility index (Phi) is 9.77. The van der Waals surface area contributed by atoms with Crippen molar-refractivity contribution in [3.05, 3.63) is 91.9 Å². The Morgan fingerprint density at radius 3 is 2.53 bits per heavy atom. The maximum atomic E-state index is 12.9. The Hall–Kier alpha value is -4.06. The van der Waals surface area contributed by atoms with Gasteiger partial charge >= 0.3 is 0 Å². The quantitative estimate of drug-likeness (QED) is 0.205. The van der Waals surface area contributed by atoms with Crippen molar-refractivity contribution in [1.29, 1.82) is 0 Å². The van der Waals surface area contributed by atoms with Crippen molar-refractivity contribution in [1.82, 2.24) is 19.7 Å². The van der Waals surface area contributed by atoms with Crippen LogP contribution in [0.25, 0.3) is 33.2 Å². The first-order chi connectivity index (χ1) is 22.7. The second kappa shape index (κ2) is 14.0. The summed E-state index contributed by atoms with van der Waals surface area (Å²) in [6, 6.07) is 15.4. The van der Waals surface area contributed by atoms with E-state index in [1.165, 1.54) is 15.8 Å². The molecule has 1 saturated heterocycles. The summed E-state index contributed by atoms with van der Waals surface area (Å²) in [5, 5.41) is 18.5. The van der Waals surface area contributed by atoms with Gasteiger partial charge in [-0.2, -0.15) is 5.10 Å². The van der Waals surface area contributed by atoms with Crippen LogP contribution in [-0.4, -0.2) is 57.3 Å². The van der Waals surface area contributed by atoms with E-state index in [0.29, 0.717) is 51.4 Å². The van der Waals surface area contributed by atoms with Crippen molar-refractivity contribution in [2.75, 3.05) is 25.6 Å². The van der Waals surface area contributed by atoms with Crippen molar-refractivity contribution in [3.8, 4) is 28.3 Å². The summed E-state index contributed by atoms with van der Waals surface area (Å²) in [4.78, 5) is 22.3. The molecule has 1 fully saturated rings. The summed E-state index contributed by atoms with van der Waals surface area (Å²) in [6.07, 6.45) is 5.06. The molecule has 4 N–H and O–H groups in total. The van der Waals surface area contributed by atoms with Gasteiger partial charge in [-0.3, -0.25) is 4.79 Å². The lowest BCUT2D eigenvalue weighted by atomic mass is 9.99. The minimum absolute atomic E-state index is 0.0660. The molecule has 0 saturated carbocycles. The average Bonchev–Trinajstić information content (AvgIpc) is 3.54. The average molecular weight is 676 g/mol. The molecule has 10 nitrogen and oxygen atoms in total. The summed E-state index contributed by atoms with van der Waals surface area (Å²) in [7, 11) is 3.26. The van der Waals surface area contributed by atoms with Gasteiger partial charge in [-0.25, -0.2) is 14.6 Å². The molecule has 0 spiro atoms. The zero-order valence-electron chi connectivity index (χ0n) is 26.4. The maximum Gasteiger partial charge on any atom is 0.278 e. The summed E-state index contributed by atoms with van der Waals surface area (Å²) in [5.41, 5.74) is 12.1. The number of benzene rings is 2. The van der Waals surface area contributed by atoms with E-state index in [4.69, 9.17) is 48.5 Å². The number of fused-ring (bicyclic) bond motifs is 2. The monoisotopic (exact) mass is 674 g/mol. The molecule has 0 amide bonds. The fourth-order valence-electron chi connectivity index (χ4n) is 5.97. The van der Waals surface area contributed by atoms with Gasteiger partial charge in [0.15, 0.2) is 0 Å². The zero-order chi connectivity index (χ0) is 33.2. The molecule has 1 aliphatic carbocycles. The van der Waals surface area contributed by atoms with Gasteiger partial charge in [0.05, 0.1) is 52.8 Å². The van der Waals surface area contributed by atoms with Gasteiger partial charge in [0.2, 0.25) is 5.88 Å². The van der Waals surface area contributed by atoms with E-state index >= 15 is 0 Å². The van der Waals surface area contributed by atoms with Crippen LogP contribution in [0.1, 0.15) is 29.7 Å². The smallest absolute Gasteiger partial charge is 0.278 e. The molecule has 5 aromatic rings. The van der Waals surface area contributed by atoms with Gasteiger partial charge in [-0.1, -0.05) is 53.5 Å². The predicted octanol–water partition coefficient (Wildman–Crippen LogP) is 6.01. The molecule has 0 radical (unpaired) electrons. The molecule has 47 heavy (non-hydrogen) atoms. The normalized spacial score (nSPS) is 17.2. The van der Waals surface area contributed by atoms with Crippen LogP contribution in [0.15, 0.2) is 59.5 Å². The Morgan fingerprint density at radius 1 is 1.06 bits per heavy atom. The van der Waals surface area contributed by atoms with E-state index in [2.05, 4.69) is 21.5 Å². The van der Waals surface area contributed by atoms with E-state index in [1.807, 2.05) is 49.4 Å². The lowest BCUT2D eigenvalue weighted by molar-refractivity contribution is -0.0182. The van der Waals surface area contributed by atoms with E-state index < -0.39 is 6.10 Å². The second-order valence-electron chi connectivity index (χ2n) is 11.7. The van der Waals surface area contributed by atoms with Crippen molar-refractivity contribution in [2.24, 2.45) is 12.8 Å². The molecule has 12 heteroatoms. The molecule has 3 aromatic heterocycles. The second-order valence-corrected chi connectivity index (χ2v) is 12.5. The summed E-state index contributed by atoms with van der Waals surface area (Å²) < 4.78 is 11.8. The molecule has 2 unspecified atom stereocenters. The molecule has 4 heterocycles. The van der Waals surface area contributed by atoms with Crippen LogP contribution in [0.5, 0.6) is 5.88 Å². The fourth-order valence-corrected chi connectivity index (χ4v) is 6.57. The molecule has 2 atom stereocenters. The van der Waals surface area contributed by atoms with Gasteiger partial charge in [0.25, 0.3) is 5.56 Å². The number of aromatic nitrogens is 4. The molecular formula is C35H36Cl2N6O4. The number of nitrogens with two attached hydrogens (primary N) is 1. The highest BCUT2D eigenvalue weighted by molar-refractivity contribution is 6.39. The topological polar surface area (TPSA) is 137 Å². The number of aliphatic hydroxyl groups excluding tert-OH is 1. The number of pyridine rings is 2. The molecule has 0 bridgehead atoms. The Balaban J connectivity index is 0.000000424. The lowest BCUT2D eigenvalue weighted by Gasteiger charge is -2.23. The SMILES string of the molecule is COc1nc(-c2cccc(-c3cccc(Nc4nc(C)cc5cnn(C)c(=O)c45)c3Cl)c2Cl)cc2c1CCC2.NC1CCOCC1O. The van der Waals surface area contributed by atoms with Gasteiger partial charge in [0, 0.05) is 53.0 Å². The minimum atomic E-state index is -0.441. The Labute approximate surface area is 282 Å². The standard InChI is InChI=1S/C30H25Cl2N5O2.C5H11NO2/c1-16-13-18-15-33-37(2)30(38)25(18)28(34-16)35-23-12-6-10-21(27(23)32)20-9-5-11-22(26(20)31)24-14-17-7-4-8-19(17)29(36-24)39-3;6-4-1-2-8-3-5(4)7/h5-6,9-15H,4,7-8H2,1-3H3,(H,34,35);4-5,7H,1-3,6H2. The summed E-state index contributed by atoms with van der Waals surface area (Å²) >= 11 is 14.0. The van der Waals surface area contributed by atoms with E-state index in [9.17, 15) is 4.79 Å². The third-order valence-electron chi connectivity index (χ3n) is 8.50. The lowest BCUT2D eigenvalue weighted by Crippen LogP contribution is -2.42. The van der Waals surface area contributed by atoms with Gasteiger partial charge in [-0.15, -0.1) is 0 Å². The van der Waals surface area contributed by atoms with E-state index in [0.717, 1.165) is 53.8 Å².